The molecule has 1 aliphatic heterocycles. The number of nitrogens with one attached hydrogen (secondary N) is 2. The van der Waals surface area contributed by atoms with Crippen LogP contribution >= 0.6 is 0 Å². The third-order valence-electron chi connectivity index (χ3n) is 6.75. The van der Waals surface area contributed by atoms with E-state index in [4.69, 9.17) is 9.72 Å². The smallest absolute Gasteiger partial charge is 0.165 e. The number of nitrogens with zero attached hydrogens (tertiary/aromatic N) is 4. The van der Waals surface area contributed by atoms with Gasteiger partial charge in [0.25, 0.3) is 0 Å². The first-order valence-electron chi connectivity index (χ1n) is 12.0. The molecule has 1 saturated heterocycles. The lowest BCUT2D eigenvalue weighted by Crippen LogP contribution is -2.24. The van der Waals surface area contributed by atoms with Crippen LogP contribution < -0.4 is 4.74 Å². The third-order valence-corrected chi connectivity index (χ3v) is 6.75. The van der Waals surface area contributed by atoms with Crippen molar-refractivity contribution in [2.45, 2.75) is 32.2 Å². The summed E-state index contributed by atoms with van der Waals surface area (Å²) in [5.41, 5.74) is 4.01. The number of aromatic amines is 2. The van der Waals surface area contributed by atoms with Gasteiger partial charge in [0, 0.05) is 16.5 Å². The number of benzene rings is 3. The van der Waals surface area contributed by atoms with Crippen molar-refractivity contribution in [1.29, 1.82) is 0 Å². The number of fused-ring (bicyclic) bond motifs is 2. The number of likely N-dealkylation sites (tertiary alicyclic amines) is 1. The molecule has 1 fully saturated rings. The minimum absolute atomic E-state index is 0.796. The van der Waals surface area contributed by atoms with E-state index in [0.29, 0.717) is 0 Å². The number of hydrogen-bond donors (Lipinski definition) is 2. The van der Waals surface area contributed by atoms with Gasteiger partial charge in [-0.15, -0.1) is 0 Å². The zero-order chi connectivity index (χ0) is 22.9. The van der Waals surface area contributed by atoms with Gasteiger partial charge in [0.15, 0.2) is 11.6 Å². The molecule has 7 heteroatoms. The second-order valence-electron chi connectivity index (χ2n) is 9.05. The van der Waals surface area contributed by atoms with Crippen LogP contribution in [0.1, 0.15) is 31.5 Å². The molecule has 0 aliphatic carbocycles. The van der Waals surface area contributed by atoms with Crippen LogP contribution in [0.25, 0.3) is 44.3 Å². The average molecular weight is 453 g/mol. The Bertz CT molecular complexity index is 1440. The van der Waals surface area contributed by atoms with Crippen molar-refractivity contribution in [2.75, 3.05) is 20.2 Å². The van der Waals surface area contributed by atoms with E-state index in [1.54, 1.807) is 7.11 Å². The zero-order valence-electron chi connectivity index (χ0n) is 19.3. The van der Waals surface area contributed by atoms with Gasteiger partial charge in [-0.05, 0) is 73.1 Å². The molecule has 0 unspecified atom stereocenters. The standard InChI is InChI=1S/C27H28N6O/c1-34-22-10-8-18-14-20(7-6-19(18)15-22)26-23-16-21(9-11-24(23)29-31-26)27-28-25(30-32-27)17-33-12-4-2-3-5-13-33/h6-11,14-16H,2-5,12-13,17H2,1H3,(H,29,31)(H,28,30,32). The summed E-state index contributed by atoms with van der Waals surface area (Å²) in [5, 5.41) is 18.8. The molecule has 0 spiro atoms. The van der Waals surface area contributed by atoms with Gasteiger partial charge < -0.3 is 4.74 Å². The normalized spacial score (nSPS) is 15.1. The summed E-state index contributed by atoms with van der Waals surface area (Å²) in [6.45, 7) is 3.07. The lowest BCUT2D eigenvalue weighted by molar-refractivity contribution is 0.270. The summed E-state index contributed by atoms with van der Waals surface area (Å²) in [5.74, 6) is 2.51. The van der Waals surface area contributed by atoms with E-state index in [0.717, 1.165) is 75.5 Å². The zero-order valence-corrected chi connectivity index (χ0v) is 19.3. The van der Waals surface area contributed by atoms with Crippen LogP contribution in [0.5, 0.6) is 5.75 Å². The first-order chi connectivity index (χ1) is 16.8. The van der Waals surface area contributed by atoms with Gasteiger partial charge in [-0.2, -0.15) is 10.2 Å². The van der Waals surface area contributed by atoms with Crippen LogP contribution in [-0.4, -0.2) is 50.5 Å². The quantitative estimate of drug-likeness (QED) is 0.365. The van der Waals surface area contributed by atoms with Gasteiger partial charge in [-0.1, -0.05) is 31.0 Å². The van der Waals surface area contributed by atoms with Crippen LogP contribution in [0.2, 0.25) is 0 Å². The Morgan fingerprint density at radius 1 is 0.824 bits per heavy atom. The summed E-state index contributed by atoms with van der Waals surface area (Å²) in [4.78, 5) is 7.27. The van der Waals surface area contributed by atoms with E-state index in [9.17, 15) is 0 Å². The third kappa shape index (κ3) is 4.03. The highest BCUT2D eigenvalue weighted by Gasteiger charge is 2.15. The highest BCUT2D eigenvalue weighted by molar-refractivity contribution is 5.97. The molecule has 3 aromatic carbocycles. The van der Waals surface area contributed by atoms with Crippen molar-refractivity contribution in [3.8, 4) is 28.4 Å². The lowest BCUT2D eigenvalue weighted by atomic mass is 10.0. The van der Waals surface area contributed by atoms with Crippen LogP contribution in [0.3, 0.4) is 0 Å². The first-order valence-corrected chi connectivity index (χ1v) is 12.0. The van der Waals surface area contributed by atoms with Gasteiger partial charge >= 0.3 is 0 Å². The number of hydrogen-bond acceptors (Lipinski definition) is 5. The van der Waals surface area contributed by atoms with Crippen LogP contribution in [0.4, 0.5) is 0 Å². The molecule has 0 radical (unpaired) electrons. The minimum atomic E-state index is 0.796. The molecule has 1 aliphatic rings. The average Bonchev–Trinajstić information content (AvgIpc) is 3.43. The maximum Gasteiger partial charge on any atom is 0.165 e. The van der Waals surface area contributed by atoms with Crippen LogP contribution in [-0.2, 0) is 6.54 Å². The van der Waals surface area contributed by atoms with Crippen molar-refractivity contribution >= 4 is 21.7 Å². The maximum atomic E-state index is 5.35. The summed E-state index contributed by atoms with van der Waals surface area (Å²) in [6.07, 6.45) is 5.18. The van der Waals surface area contributed by atoms with Gasteiger partial charge in [-0.3, -0.25) is 15.1 Å². The second-order valence-corrected chi connectivity index (χ2v) is 9.05. The van der Waals surface area contributed by atoms with Crippen molar-refractivity contribution in [2.24, 2.45) is 0 Å². The summed E-state index contributed by atoms with van der Waals surface area (Å²) >= 11 is 0. The van der Waals surface area contributed by atoms with E-state index < -0.39 is 0 Å². The molecule has 0 saturated carbocycles. The number of aromatic nitrogens is 5. The molecular formula is C27H28N6O. The van der Waals surface area contributed by atoms with Gasteiger partial charge in [-0.25, -0.2) is 4.98 Å². The SMILES string of the molecule is COc1ccc2cc(-c3n[nH]c4ccc(-c5nc(CN6CCCCCC6)n[nH]5)cc34)ccc2c1. The predicted molar refractivity (Wildman–Crippen MR) is 135 cm³/mol. The Hall–Kier alpha value is -3.71. The Labute approximate surface area is 198 Å². The summed E-state index contributed by atoms with van der Waals surface area (Å²) in [6, 6.07) is 18.8. The van der Waals surface area contributed by atoms with Crippen molar-refractivity contribution in [3.05, 3.63) is 60.4 Å². The molecule has 5 aromatic rings. The number of rotatable bonds is 5. The topological polar surface area (TPSA) is 82.7 Å². The Morgan fingerprint density at radius 2 is 1.62 bits per heavy atom. The molecule has 0 amide bonds. The summed E-state index contributed by atoms with van der Waals surface area (Å²) < 4.78 is 5.35. The van der Waals surface area contributed by atoms with Gasteiger partial charge in [0.1, 0.15) is 5.75 Å². The lowest BCUT2D eigenvalue weighted by Gasteiger charge is -2.17. The first kappa shape index (κ1) is 20.9. The predicted octanol–water partition coefficient (Wildman–Crippen LogP) is 5.55. The van der Waals surface area contributed by atoms with E-state index in [2.05, 4.69) is 67.8 Å². The highest BCUT2D eigenvalue weighted by atomic mass is 16.5. The fourth-order valence-electron chi connectivity index (χ4n) is 4.87. The monoisotopic (exact) mass is 452 g/mol. The number of ether oxygens (including phenoxy) is 1. The van der Waals surface area contributed by atoms with Gasteiger partial charge in [0.2, 0.25) is 0 Å². The van der Waals surface area contributed by atoms with Gasteiger partial charge in [0.05, 0.1) is 24.9 Å². The molecule has 34 heavy (non-hydrogen) atoms. The minimum Gasteiger partial charge on any atom is -0.497 e. The van der Waals surface area contributed by atoms with Crippen molar-refractivity contribution in [1.82, 2.24) is 30.3 Å². The van der Waals surface area contributed by atoms with E-state index >= 15 is 0 Å². The fourth-order valence-corrected chi connectivity index (χ4v) is 4.87. The molecule has 6 rings (SSSR count). The number of methoxy groups -OCH3 is 1. The van der Waals surface area contributed by atoms with E-state index in [-0.39, 0.29) is 0 Å². The molecular weight excluding hydrogens is 424 g/mol. The summed E-state index contributed by atoms with van der Waals surface area (Å²) in [7, 11) is 1.69. The molecule has 7 nitrogen and oxygen atoms in total. The highest BCUT2D eigenvalue weighted by Crippen LogP contribution is 2.32. The fraction of sp³-hybridized carbons (Fsp3) is 0.296. The molecule has 2 aromatic heterocycles. The Kier molecular flexibility index (Phi) is 5.47. The molecule has 3 heterocycles. The van der Waals surface area contributed by atoms with Crippen molar-refractivity contribution < 1.29 is 4.74 Å². The van der Waals surface area contributed by atoms with Crippen LogP contribution in [0, 0.1) is 0 Å². The molecule has 172 valence electrons. The second kappa shape index (κ2) is 8.91. The van der Waals surface area contributed by atoms with E-state index in [1.165, 1.54) is 25.7 Å². The number of H-pyrrole nitrogens is 2. The molecule has 2 N–H and O–H groups in total. The Balaban J connectivity index is 1.31. The van der Waals surface area contributed by atoms with E-state index in [1.807, 2.05) is 12.1 Å². The van der Waals surface area contributed by atoms with Crippen LogP contribution in [0.15, 0.2) is 54.6 Å². The van der Waals surface area contributed by atoms with Crippen molar-refractivity contribution in [3.63, 3.8) is 0 Å². The Morgan fingerprint density at radius 3 is 2.47 bits per heavy atom. The largest absolute Gasteiger partial charge is 0.497 e. The molecule has 0 atom stereocenters. The molecule has 0 bridgehead atoms. The maximum absolute atomic E-state index is 5.35.